The van der Waals surface area contributed by atoms with Crippen LogP contribution >= 0.6 is 0 Å². The minimum Gasteiger partial charge on any atom is -0.494 e. The van der Waals surface area contributed by atoms with Crippen molar-refractivity contribution in [2.24, 2.45) is 0 Å². The number of hydrogen-bond donors (Lipinski definition) is 3. The number of carbonyl (C=O) groups is 1. The standard InChI is InChI=1S/C31H29F2N7O2/c1-2-42-23-8-6-18(7-9-23)19-10-11-34-27(12-19)31(41)39-22-5-3-4-21(14-22)38-30-26(33)17-37-29(40-30)25-16-36-28-24(25)13-20(32)15-35-28/h6-13,15-17,21-22H,2-5,14H2,1H3,(H,35,36)(H,39,41)(H,37,38,40)/t21-,22+/m0/s1. The lowest BCUT2D eigenvalue weighted by molar-refractivity contribution is 0.0921. The van der Waals surface area contributed by atoms with Crippen molar-refractivity contribution in [2.75, 3.05) is 11.9 Å². The molecule has 1 fully saturated rings. The Kier molecular flexibility index (Phi) is 7.72. The van der Waals surface area contributed by atoms with Crippen molar-refractivity contribution in [1.82, 2.24) is 30.2 Å². The second kappa shape index (κ2) is 11.9. The van der Waals surface area contributed by atoms with Crippen LogP contribution in [-0.4, -0.2) is 49.5 Å². The topological polar surface area (TPSA) is 118 Å². The molecule has 6 rings (SSSR count). The quantitative estimate of drug-likeness (QED) is 0.213. The third-order valence-corrected chi connectivity index (χ3v) is 7.32. The van der Waals surface area contributed by atoms with Gasteiger partial charge in [0.25, 0.3) is 5.91 Å². The van der Waals surface area contributed by atoms with Gasteiger partial charge in [-0.05, 0) is 74.1 Å². The number of aromatic nitrogens is 5. The van der Waals surface area contributed by atoms with E-state index in [9.17, 15) is 13.6 Å². The minimum absolute atomic E-state index is 0.0559. The summed E-state index contributed by atoms with van der Waals surface area (Å²) in [5.41, 5.74) is 3.17. The lowest BCUT2D eigenvalue weighted by Gasteiger charge is -2.30. The van der Waals surface area contributed by atoms with Crippen molar-refractivity contribution < 1.29 is 18.3 Å². The zero-order chi connectivity index (χ0) is 29.1. The minimum atomic E-state index is -0.593. The van der Waals surface area contributed by atoms with Crippen LogP contribution in [0.5, 0.6) is 5.75 Å². The van der Waals surface area contributed by atoms with Gasteiger partial charge in [-0.2, -0.15) is 0 Å². The second-order valence-electron chi connectivity index (χ2n) is 10.2. The van der Waals surface area contributed by atoms with Gasteiger partial charge in [-0.25, -0.2) is 23.7 Å². The summed E-state index contributed by atoms with van der Waals surface area (Å²) in [6.07, 6.45) is 8.49. The smallest absolute Gasteiger partial charge is 0.270 e. The second-order valence-corrected chi connectivity index (χ2v) is 10.2. The van der Waals surface area contributed by atoms with Gasteiger partial charge in [0.05, 0.1) is 19.0 Å². The van der Waals surface area contributed by atoms with Gasteiger partial charge in [-0.1, -0.05) is 12.1 Å². The molecule has 5 aromatic rings. The third kappa shape index (κ3) is 5.90. The summed E-state index contributed by atoms with van der Waals surface area (Å²) in [7, 11) is 0. The molecule has 3 N–H and O–H groups in total. The van der Waals surface area contributed by atoms with Crippen LogP contribution in [0.4, 0.5) is 14.6 Å². The number of nitrogens with zero attached hydrogens (tertiary/aromatic N) is 4. The molecule has 0 saturated heterocycles. The number of aromatic amines is 1. The maximum Gasteiger partial charge on any atom is 0.270 e. The summed E-state index contributed by atoms with van der Waals surface area (Å²) in [5.74, 6) is -0.250. The van der Waals surface area contributed by atoms with Gasteiger partial charge in [0.2, 0.25) is 0 Å². The van der Waals surface area contributed by atoms with E-state index in [1.165, 1.54) is 6.07 Å². The summed E-state index contributed by atoms with van der Waals surface area (Å²) in [4.78, 5) is 32.9. The molecule has 1 aromatic carbocycles. The Morgan fingerprint density at radius 3 is 2.69 bits per heavy atom. The van der Waals surface area contributed by atoms with E-state index in [4.69, 9.17) is 4.74 Å². The summed E-state index contributed by atoms with van der Waals surface area (Å²) in [6, 6.07) is 12.4. The number of benzene rings is 1. The number of rotatable bonds is 8. The number of hydrogen-bond acceptors (Lipinski definition) is 7. The number of anilines is 1. The highest BCUT2D eigenvalue weighted by atomic mass is 19.1. The van der Waals surface area contributed by atoms with E-state index >= 15 is 0 Å². The van der Waals surface area contributed by atoms with Gasteiger partial charge in [-0.15, -0.1) is 0 Å². The molecule has 9 nitrogen and oxygen atoms in total. The predicted octanol–water partition coefficient (Wildman–Crippen LogP) is 5.91. The van der Waals surface area contributed by atoms with Gasteiger partial charge >= 0.3 is 0 Å². The maximum absolute atomic E-state index is 14.8. The number of H-pyrrole nitrogens is 1. The third-order valence-electron chi connectivity index (χ3n) is 7.32. The van der Waals surface area contributed by atoms with Crippen molar-refractivity contribution in [3.05, 3.63) is 84.6 Å². The maximum atomic E-state index is 14.8. The molecular formula is C31H29F2N7O2. The first kappa shape index (κ1) is 27.3. The molecule has 0 radical (unpaired) electrons. The number of amides is 1. The Labute approximate surface area is 240 Å². The van der Waals surface area contributed by atoms with E-state index in [1.54, 1.807) is 18.5 Å². The Morgan fingerprint density at radius 1 is 1.02 bits per heavy atom. The molecule has 0 aliphatic heterocycles. The fourth-order valence-electron chi connectivity index (χ4n) is 5.31. The average molecular weight is 570 g/mol. The highest BCUT2D eigenvalue weighted by molar-refractivity contribution is 5.94. The fourth-order valence-corrected chi connectivity index (χ4v) is 5.31. The van der Waals surface area contributed by atoms with Crippen LogP contribution < -0.4 is 15.4 Å². The van der Waals surface area contributed by atoms with Crippen LogP contribution in [0.3, 0.4) is 0 Å². The molecule has 0 spiro atoms. The van der Waals surface area contributed by atoms with Crippen LogP contribution in [-0.2, 0) is 0 Å². The van der Waals surface area contributed by atoms with Crippen molar-refractivity contribution in [3.63, 3.8) is 0 Å². The average Bonchev–Trinajstić information content (AvgIpc) is 3.42. The lowest BCUT2D eigenvalue weighted by atomic mass is 9.90. The zero-order valence-electron chi connectivity index (χ0n) is 22.9. The Morgan fingerprint density at radius 2 is 1.86 bits per heavy atom. The summed E-state index contributed by atoms with van der Waals surface area (Å²) < 4.78 is 34.1. The van der Waals surface area contributed by atoms with Crippen LogP contribution in [0, 0.1) is 11.6 Å². The molecule has 11 heteroatoms. The van der Waals surface area contributed by atoms with Gasteiger partial charge in [-0.3, -0.25) is 9.78 Å². The molecular weight excluding hydrogens is 540 g/mol. The lowest BCUT2D eigenvalue weighted by Crippen LogP contribution is -2.42. The SMILES string of the molecule is CCOc1ccc(-c2ccnc(C(=O)N[C@@H]3CCC[C@H](Nc4nc(-c5c[nH]c6ncc(F)cc56)ncc4F)C3)c2)cc1. The molecule has 4 heterocycles. The molecule has 1 amide bonds. The monoisotopic (exact) mass is 569 g/mol. The van der Waals surface area contributed by atoms with Gasteiger partial charge in [0, 0.05) is 35.4 Å². The number of nitrogens with one attached hydrogen (secondary N) is 3. The number of pyridine rings is 2. The number of fused-ring (bicyclic) bond motifs is 1. The van der Waals surface area contributed by atoms with Gasteiger partial charge in [0.15, 0.2) is 17.5 Å². The summed E-state index contributed by atoms with van der Waals surface area (Å²) in [6.45, 7) is 2.53. The molecule has 0 bridgehead atoms. The first-order valence-electron chi connectivity index (χ1n) is 13.9. The highest BCUT2D eigenvalue weighted by Gasteiger charge is 2.26. The summed E-state index contributed by atoms with van der Waals surface area (Å²) in [5, 5.41) is 6.80. The van der Waals surface area contributed by atoms with Gasteiger partial charge < -0.3 is 20.4 Å². The van der Waals surface area contributed by atoms with Gasteiger partial charge in [0.1, 0.15) is 22.9 Å². The first-order valence-corrected chi connectivity index (χ1v) is 13.9. The van der Waals surface area contributed by atoms with Crippen LogP contribution in [0.25, 0.3) is 33.5 Å². The molecule has 0 unspecified atom stereocenters. The first-order chi connectivity index (χ1) is 20.5. The van der Waals surface area contributed by atoms with Crippen molar-refractivity contribution in [2.45, 2.75) is 44.7 Å². The molecule has 42 heavy (non-hydrogen) atoms. The van der Waals surface area contributed by atoms with Crippen LogP contribution in [0.1, 0.15) is 43.1 Å². The fraction of sp³-hybridized carbons (Fsp3) is 0.258. The normalized spacial score (nSPS) is 16.7. The molecule has 2 atom stereocenters. The Bertz CT molecular complexity index is 1720. The predicted molar refractivity (Wildman–Crippen MR) is 155 cm³/mol. The number of ether oxygens (including phenoxy) is 1. The Hall–Kier alpha value is -4.93. The summed E-state index contributed by atoms with van der Waals surface area (Å²) >= 11 is 0. The van der Waals surface area contributed by atoms with E-state index in [0.717, 1.165) is 48.5 Å². The molecule has 1 aliphatic carbocycles. The van der Waals surface area contributed by atoms with Crippen LogP contribution in [0.15, 0.2) is 67.3 Å². The van der Waals surface area contributed by atoms with Crippen LogP contribution in [0.2, 0.25) is 0 Å². The van der Waals surface area contributed by atoms with E-state index < -0.39 is 11.6 Å². The Balaban J connectivity index is 1.12. The molecule has 4 aromatic heterocycles. The van der Waals surface area contributed by atoms with E-state index in [1.807, 2.05) is 37.3 Å². The zero-order valence-corrected chi connectivity index (χ0v) is 22.9. The molecule has 1 saturated carbocycles. The largest absolute Gasteiger partial charge is 0.494 e. The van der Waals surface area contributed by atoms with E-state index in [0.29, 0.717) is 35.3 Å². The van der Waals surface area contributed by atoms with E-state index in [2.05, 4.69) is 35.6 Å². The molecule has 214 valence electrons. The van der Waals surface area contributed by atoms with E-state index in [-0.39, 0.29) is 29.6 Å². The number of halogens is 2. The molecule has 1 aliphatic rings. The van der Waals surface area contributed by atoms with Crippen molar-refractivity contribution >= 4 is 22.8 Å². The highest BCUT2D eigenvalue weighted by Crippen LogP contribution is 2.29. The number of carbonyl (C=O) groups excluding carboxylic acids is 1. The van der Waals surface area contributed by atoms with Crippen molar-refractivity contribution in [1.29, 1.82) is 0 Å². The van der Waals surface area contributed by atoms with Crippen molar-refractivity contribution in [3.8, 4) is 28.3 Å².